The van der Waals surface area contributed by atoms with E-state index in [1.807, 2.05) is 0 Å². The van der Waals surface area contributed by atoms with Crippen molar-refractivity contribution >= 4 is 0 Å². The third-order valence-electron chi connectivity index (χ3n) is 6.09. The SMILES string of the molecule is Cc1ccc(OC(F)(F)C(F)(F)c2ccc(-c3ccc(C(F)(F)C(F)(F)Oc4ccc(C)cc4)cc3)cc2)cc1. The van der Waals surface area contributed by atoms with Crippen molar-refractivity contribution in [2.45, 2.75) is 37.9 Å². The fourth-order valence-electron chi connectivity index (χ4n) is 3.72. The van der Waals surface area contributed by atoms with Crippen LogP contribution in [0.2, 0.25) is 0 Å². The van der Waals surface area contributed by atoms with E-state index in [1.165, 1.54) is 24.3 Å². The van der Waals surface area contributed by atoms with Gasteiger partial charge in [-0.25, -0.2) is 0 Å². The average Bonchev–Trinajstić information content (AvgIpc) is 2.91. The van der Waals surface area contributed by atoms with Crippen molar-refractivity contribution in [2.24, 2.45) is 0 Å². The summed E-state index contributed by atoms with van der Waals surface area (Å²) in [4.78, 5) is 0. The highest BCUT2D eigenvalue weighted by Crippen LogP contribution is 2.46. The third kappa shape index (κ3) is 5.76. The Labute approximate surface area is 224 Å². The molecule has 4 aromatic carbocycles. The maximum Gasteiger partial charge on any atom is 0.469 e. The fourth-order valence-corrected chi connectivity index (χ4v) is 3.72. The summed E-state index contributed by atoms with van der Waals surface area (Å²) < 4.78 is 125. The molecule has 0 spiro atoms. The fraction of sp³-hybridized carbons (Fsp3) is 0.200. The molecule has 0 fully saturated rings. The monoisotopic (exact) mass is 566 g/mol. The molecule has 0 aliphatic heterocycles. The van der Waals surface area contributed by atoms with E-state index < -0.39 is 46.7 Å². The average molecular weight is 566 g/mol. The number of benzene rings is 4. The molecule has 0 saturated carbocycles. The van der Waals surface area contributed by atoms with Crippen molar-refractivity contribution in [3.8, 4) is 22.6 Å². The molecule has 0 atom stereocenters. The van der Waals surface area contributed by atoms with Gasteiger partial charge in [0, 0.05) is 11.1 Å². The summed E-state index contributed by atoms with van der Waals surface area (Å²) >= 11 is 0. The molecule has 0 saturated heterocycles. The van der Waals surface area contributed by atoms with Gasteiger partial charge >= 0.3 is 24.1 Å². The summed E-state index contributed by atoms with van der Waals surface area (Å²) in [7, 11) is 0. The van der Waals surface area contributed by atoms with E-state index in [2.05, 4.69) is 9.47 Å². The smallest absolute Gasteiger partial charge is 0.428 e. The van der Waals surface area contributed by atoms with E-state index in [0.717, 1.165) is 83.9 Å². The zero-order chi connectivity index (χ0) is 29.3. The molecular weight excluding hydrogens is 544 g/mol. The highest BCUT2D eigenvalue weighted by atomic mass is 19.3. The van der Waals surface area contributed by atoms with Crippen molar-refractivity contribution in [2.75, 3.05) is 0 Å². The minimum absolute atomic E-state index is 0.194. The van der Waals surface area contributed by atoms with Gasteiger partial charge in [0.2, 0.25) is 0 Å². The summed E-state index contributed by atoms with van der Waals surface area (Å²) in [5, 5.41) is 0. The highest BCUT2D eigenvalue weighted by Gasteiger charge is 2.61. The number of aryl methyl sites for hydroxylation is 2. The lowest BCUT2D eigenvalue weighted by Crippen LogP contribution is -2.43. The van der Waals surface area contributed by atoms with Gasteiger partial charge in [-0.3, -0.25) is 0 Å². The summed E-state index contributed by atoms with van der Waals surface area (Å²) in [6.45, 7) is 3.38. The first-order valence-electron chi connectivity index (χ1n) is 11.9. The van der Waals surface area contributed by atoms with Gasteiger partial charge in [0.05, 0.1) is 0 Å². The molecule has 4 aromatic rings. The van der Waals surface area contributed by atoms with Crippen LogP contribution in [0.4, 0.5) is 35.1 Å². The molecule has 0 heterocycles. The van der Waals surface area contributed by atoms with Gasteiger partial charge in [-0.1, -0.05) is 83.9 Å². The quantitative estimate of drug-likeness (QED) is 0.188. The molecule has 0 aliphatic rings. The standard InChI is InChI=1S/C30H22F8O2/c1-19-3-15-25(16-4-19)39-29(35,36)27(31,32)23-11-7-21(8-12-23)22-9-13-24(14-10-22)28(33,34)30(37,38)40-26-17-5-20(2)6-18-26/h3-18H,1-2H3. The van der Waals surface area contributed by atoms with E-state index in [1.54, 1.807) is 13.8 Å². The Bertz CT molecular complexity index is 1320. The van der Waals surface area contributed by atoms with Gasteiger partial charge < -0.3 is 9.47 Å². The van der Waals surface area contributed by atoms with E-state index in [4.69, 9.17) is 0 Å². The van der Waals surface area contributed by atoms with Crippen LogP contribution < -0.4 is 9.47 Å². The molecular formula is C30H22F8O2. The largest absolute Gasteiger partial charge is 0.469 e. The summed E-state index contributed by atoms with van der Waals surface area (Å²) in [5.41, 5.74) is -0.272. The minimum atomic E-state index is -4.89. The number of hydrogen-bond donors (Lipinski definition) is 0. The molecule has 4 rings (SSSR count). The second-order valence-electron chi connectivity index (χ2n) is 9.17. The summed E-state index contributed by atoms with van der Waals surface area (Å²) in [6.07, 6.45) is -9.77. The lowest BCUT2D eigenvalue weighted by Gasteiger charge is -2.27. The predicted molar refractivity (Wildman–Crippen MR) is 133 cm³/mol. The second-order valence-corrected chi connectivity index (χ2v) is 9.17. The number of hydrogen-bond acceptors (Lipinski definition) is 2. The third-order valence-corrected chi connectivity index (χ3v) is 6.09. The Morgan fingerprint density at radius 3 is 0.950 bits per heavy atom. The molecule has 0 N–H and O–H groups in total. The molecule has 0 unspecified atom stereocenters. The molecule has 2 nitrogen and oxygen atoms in total. The van der Waals surface area contributed by atoms with Crippen molar-refractivity contribution in [1.29, 1.82) is 0 Å². The topological polar surface area (TPSA) is 18.5 Å². The highest BCUT2D eigenvalue weighted by molar-refractivity contribution is 5.64. The van der Waals surface area contributed by atoms with Crippen LogP contribution in [0.5, 0.6) is 11.5 Å². The van der Waals surface area contributed by atoms with Crippen LogP contribution in [0.25, 0.3) is 11.1 Å². The van der Waals surface area contributed by atoms with E-state index >= 15 is 0 Å². The second kappa shape index (κ2) is 10.5. The number of rotatable bonds is 9. The van der Waals surface area contributed by atoms with Crippen molar-refractivity contribution in [3.05, 3.63) is 119 Å². The van der Waals surface area contributed by atoms with Gasteiger partial charge in [-0.15, -0.1) is 0 Å². The van der Waals surface area contributed by atoms with Crippen LogP contribution in [0.15, 0.2) is 97.1 Å². The minimum Gasteiger partial charge on any atom is -0.428 e. The molecule has 0 aromatic heterocycles. The number of halogens is 8. The Morgan fingerprint density at radius 1 is 0.400 bits per heavy atom. The maximum absolute atomic E-state index is 14.7. The first kappa shape index (κ1) is 28.9. The number of ether oxygens (including phenoxy) is 2. The van der Waals surface area contributed by atoms with E-state index in [-0.39, 0.29) is 11.1 Å². The van der Waals surface area contributed by atoms with Crippen LogP contribution >= 0.6 is 0 Å². The zero-order valence-electron chi connectivity index (χ0n) is 21.1. The molecule has 0 amide bonds. The van der Waals surface area contributed by atoms with E-state index in [0.29, 0.717) is 0 Å². The van der Waals surface area contributed by atoms with Crippen molar-refractivity contribution < 1.29 is 44.6 Å². The van der Waals surface area contributed by atoms with Gasteiger partial charge in [0.25, 0.3) is 0 Å². The van der Waals surface area contributed by atoms with Gasteiger partial charge in [0.1, 0.15) is 11.5 Å². The van der Waals surface area contributed by atoms with Gasteiger partial charge in [-0.2, -0.15) is 35.1 Å². The Kier molecular flexibility index (Phi) is 7.58. The van der Waals surface area contributed by atoms with Crippen LogP contribution in [-0.4, -0.2) is 12.2 Å². The molecule has 40 heavy (non-hydrogen) atoms. The molecule has 0 bridgehead atoms. The molecule has 210 valence electrons. The first-order chi connectivity index (χ1) is 18.6. The predicted octanol–water partition coefficient (Wildman–Crippen LogP) is 9.50. The maximum atomic E-state index is 14.7. The lowest BCUT2D eigenvalue weighted by atomic mass is 9.98. The molecule has 10 heteroatoms. The van der Waals surface area contributed by atoms with Gasteiger partial charge in [-0.05, 0) is 49.2 Å². The molecule has 0 radical (unpaired) electrons. The normalized spacial score (nSPS) is 12.8. The molecule has 0 aliphatic carbocycles. The van der Waals surface area contributed by atoms with Crippen LogP contribution in [0, 0.1) is 13.8 Å². The van der Waals surface area contributed by atoms with Crippen LogP contribution in [0.1, 0.15) is 22.3 Å². The van der Waals surface area contributed by atoms with Gasteiger partial charge in [0.15, 0.2) is 0 Å². The lowest BCUT2D eigenvalue weighted by molar-refractivity contribution is -0.316. The number of alkyl halides is 8. The summed E-state index contributed by atoms with van der Waals surface area (Å²) in [6, 6.07) is 17.6. The van der Waals surface area contributed by atoms with Crippen molar-refractivity contribution in [3.63, 3.8) is 0 Å². The van der Waals surface area contributed by atoms with E-state index in [9.17, 15) is 35.1 Å². The summed E-state index contributed by atoms with van der Waals surface area (Å²) in [5.74, 6) is -10.3. The zero-order valence-corrected chi connectivity index (χ0v) is 21.1. The Balaban J connectivity index is 1.50. The van der Waals surface area contributed by atoms with Crippen LogP contribution in [-0.2, 0) is 11.8 Å². The Hall–Kier alpha value is -4.08. The van der Waals surface area contributed by atoms with Crippen LogP contribution in [0.3, 0.4) is 0 Å². The Morgan fingerprint density at radius 2 is 0.675 bits per heavy atom. The first-order valence-corrected chi connectivity index (χ1v) is 11.9. The van der Waals surface area contributed by atoms with Crippen molar-refractivity contribution in [1.82, 2.24) is 0 Å².